The molecule has 1 unspecified atom stereocenters. The summed E-state index contributed by atoms with van der Waals surface area (Å²) in [5.74, 6) is -0.369. The number of nitrogens with zero attached hydrogens (tertiary/aromatic N) is 6. The van der Waals surface area contributed by atoms with E-state index >= 15 is 0 Å². The summed E-state index contributed by atoms with van der Waals surface area (Å²) in [5.41, 5.74) is 9.99. The minimum absolute atomic E-state index is 0.207. The number of imidazole rings is 1. The van der Waals surface area contributed by atoms with Crippen LogP contribution in [0.15, 0.2) is 47.2 Å². The Hall–Kier alpha value is -2.86. The Balaban J connectivity index is 1.79. The number of benzene rings is 1. The van der Waals surface area contributed by atoms with Crippen molar-refractivity contribution in [2.75, 3.05) is 6.54 Å². The molecule has 0 saturated carbocycles. The van der Waals surface area contributed by atoms with Gasteiger partial charge >= 0.3 is 0 Å². The van der Waals surface area contributed by atoms with Gasteiger partial charge in [0, 0.05) is 29.3 Å². The average molecular weight is 286 g/mol. The summed E-state index contributed by atoms with van der Waals surface area (Å²) in [6.45, 7) is 0.207. The first kappa shape index (κ1) is 13.1. The third-order valence-corrected chi connectivity index (χ3v) is 3.14. The molecule has 3 rings (SSSR count). The maximum Gasteiger partial charge on any atom is 0.147 e. The molecule has 1 aliphatic rings. The summed E-state index contributed by atoms with van der Waals surface area (Å²) in [6, 6.07) is 4.85. The summed E-state index contributed by atoms with van der Waals surface area (Å²) < 4.78 is 15.7. The Morgan fingerprint density at radius 3 is 3.14 bits per heavy atom. The maximum absolute atomic E-state index is 14.2. The highest BCUT2D eigenvalue weighted by atomic mass is 19.1. The molecule has 8 heteroatoms. The topological polar surface area (TPSA) is 88.2 Å². The lowest BCUT2D eigenvalue weighted by Gasteiger charge is -2.06. The average Bonchev–Trinajstić information content (AvgIpc) is 3.16. The molecule has 0 fully saturated rings. The van der Waals surface area contributed by atoms with Crippen molar-refractivity contribution in [3.63, 3.8) is 0 Å². The van der Waals surface area contributed by atoms with Crippen molar-refractivity contribution >= 4 is 5.71 Å². The van der Waals surface area contributed by atoms with Crippen LogP contribution in [0.1, 0.15) is 12.0 Å². The number of rotatable bonds is 4. The van der Waals surface area contributed by atoms with E-state index in [-0.39, 0.29) is 18.5 Å². The van der Waals surface area contributed by atoms with Crippen LogP contribution < -0.4 is 0 Å². The number of aromatic nitrogens is 2. The Kier molecular flexibility index (Phi) is 3.53. The third-order valence-electron chi connectivity index (χ3n) is 3.14. The predicted octanol–water partition coefficient (Wildman–Crippen LogP) is 2.81. The highest BCUT2D eigenvalue weighted by molar-refractivity contribution is 6.01. The summed E-state index contributed by atoms with van der Waals surface area (Å²) >= 11 is 0. The van der Waals surface area contributed by atoms with E-state index in [1.165, 1.54) is 12.4 Å². The second kappa shape index (κ2) is 5.64. The lowest BCUT2D eigenvalue weighted by Crippen LogP contribution is -2.11. The van der Waals surface area contributed by atoms with Crippen molar-refractivity contribution < 1.29 is 9.23 Å². The van der Waals surface area contributed by atoms with E-state index in [1.807, 2.05) is 0 Å². The lowest BCUT2D eigenvalue weighted by molar-refractivity contribution is 0.0919. The molecule has 0 bridgehead atoms. The van der Waals surface area contributed by atoms with E-state index in [4.69, 9.17) is 10.4 Å². The fraction of sp³-hybridized carbons (Fsp3) is 0.231. The van der Waals surface area contributed by atoms with Gasteiger partial charge in [0.25, 0.3) is 0 Å². The van der Waals surface area contributed by atoms with Crippen LogP contribution in [0.3, 0.4) is 0 Å². The Morgan fingerprint density at radius 2 is 2.43 bits per heavy atom. The van der Waals surface area contributed by atoms with E-state index in [0.717, 1.165) is 0 Å². The fourth-order valence-electron chi connectivity index (χ4n) is 2.12. The van der Waals surface area contributed by atoms with Crippen LogP contribution >= 0.6 is 0 Å². The molecule has 106 valence electrons. The molecule has 7 nitrogen and oxygen atoms in total. The molecule has 0 spiro atoms. The maximum atomic E-state index is 14.2. The largest absolute Gasteiger partial charge is 0.392 e. The minimum Gasteiger partial charge on any atom is -0.392 e. The monoisotopic (exact) mass is 286 g/mol. The van der Waals surface area contributed by atoms with Crippen molar-refractivity contribution in [1.82, 2.24) is 9.55 Å². The fourth-order valence-corrected chi connectivity index (χ4v) is 2.12. The van der Waals surface area contributed by atoms with Crippen LogP contribution in [0.4, 0.5) is 4.39 Å². The molecule has 1 atom stereocenters. The number of oxime groups is 1. The van der Waals surface area contributed by atoms with Gasteiger partial charge in [-0.25, -0.2) is 9.37 Å². The van der Waals surface area contributed by atoms with E-state index in [0.29, 0.717) is 23.4 Å². The molecule has 0 radical (unpaired) electrons. The zero-order chi connectivity index (χ0) is 14.7. The molecule has 1 aliphatic heterocycles. The molecule has 0 saturated heterocycles. The van der Waals surface area contributed by atoms with Crippen molar-refractivity contribution in [2.45, 2.75) is 12.5 Å². The predicted molar refractivity (Wildman–Crippen MR) is 73.6 cm³/mol. The van der Waals surface area contributed by atoms with Gasteiger partial charge in [0.2, 0.25) is 0 Å². The number of halogens is 1. The van der Waals surface area contributed by atoms with Gasteiger partial charge in [-0.05, 0) is 17.7 Å². The minimum atomic E-state index is -0.369. The first-order valence-electron chi connectivity index (χ1n) is 6.29. The second-order valence-electron chi connectivity index (χ2n) is 4.52. The van der Waals surface area contributed by atoms with Crippen LogP contribution in [0, 0.1) is 5.82 Å². The molecule has 2 aromatic rings. The van der Waals surface area contributed by atoms with E-state index in [2.05, 4.69) is 20.2 Å². The molecule has 0 aliphatic carbocycles. The summed E-state index contributed by atoms with van der Waals surface area (Å²) in [7, 11) is 0. The molecule has 21 heavy (non-hydrogen) atoms. The number of azide groups is 1. The summed E-state index contributed by atoms with van der Waals surface area (Å²) in [5, 5.41) is 7.37. The van der Waals surface area contributed by atoms with Gasteiger partial charge in [0.1, 0.15) is 11.9 Å². The van der Waals surface area contributed by atoms with Gasteiger partial charge in [0.05, 0.1) is 24.3 Å². The number of hydrogen-bond donors (Lipinski definition) is 0. The van der Waals surface area contributed by atoms with Crippen LogP contribution in [-0.4, -0.2) is 27.9 Å². The van der Waals surface area contributed by atoms with Crippen LogP contribution in [0.25, 0.3) is 16.1 Å². The third kappa shape index (κ3) is 2.70. The van der Waals surface area contributed by atoms with Gasteiger partial charge < -0.3 is 9.40 Å². The first-order chi connectivity index (χ1) is 10.3. The zero-order valence-electron chi connectivity index (χ0n) is 10.9. The highest BCUT2D eigenvalue weighted by Gasteiger charge is 2.22. The summed E-state index contributed by atoms with van der Waals surface area (Å²) in [6.07, 6.45) is 4.99. The number of hydrogen-bond acceptors (Lipinski definition) is 4. The molecule has 0 amide bonds. The standard InChI is InChI=1S/C13H11FN6O/c14-11-5-9(1-2-13(11)20-4-3-16-8-20)12-6-10(21-18-12)7-17-19-15/h1-5,8,10H,6-7H2. The highest BCUT2D eigenvalue weighted by Crippen LogP contribution is 2.21. The quantitative estimate of drug-likeness (QED) is 0.491. The molecule has 1 aromatic heterocycles. The molecule has 1 aromatic carbocycles. The van der Waals surface area contributed by atoms with Gasteiger partial charge in [-0.2, -0.15) is 0 Å². The lowest BCUT2D eigenvalue weighted by atomic mass is 10.0. The van der Waals surface area contributed by atoms with E-state index in [1.54, 1.807) is 29.1 Å². The normalized spacial score (nSPS) is 17.0. The Morgan fingerprint density at radius 1 is 1.52 bits per heavy atom. The van der Waals surface area contributed by atoms with Gasteiger partial charge in [0.15, 0.2) is 0 Å². The van der Waals surface area contributed by atoms with Crippen LogP contribution in [0.2, 0.25) is 0 Å². The van der Waals surface area contributed by atoms with Gasteiger partial charge in [-0.3, -0.25) is 0 Å². The summed E-state index contributed by atoms with van der Waals surface area (Å²) in [4.78, 5) is 11.7. The Bertz CT molecular complexity index is 720. The van der Waals surface area contributed by atoms with Crippen molar-refractivity contribution in [2.24, 2.45) is 10.3 Å². The molecule has 2 heterocycles. The molecular weight excluding hydrogens is 275 g/mol. The smallest absolute Gasteiger partial charge is 0.147 e. The van der Waals surface area contributed by atoms with E-state index in [9.17, 15) is 4.39 Å². The van der Waals surface area contributed by atoms with Gasteiger partial charge in [-0.15, -0.1) is 0 Å². The SMILES string of the molecule is [N-]=[N+]=NCC1CC(c2ccc(-n3ccnc3)c(F)c2)=NO1. The molecular formula is C13H11FN6O. The van der Waals surface area contributed by atoms with Gasteiger partial charge in [-0.1, -0.05) is 16.3 Å². The van der Waals surface area contributed by atoms with E-state index < -0.39 is 0 Å². The van der Waals surface area contributed by atoms with Crippen LogP contribution in [0.5, 0.6) is 0 Å². The Labute approximate surface area is 119 Å². The van der Waals surface area contributed by atoms with Crippen molar-refractivity contribution in [3.8, 4) is 5.69 Å². The van der Waals surface area contributed by atoms with Crippen molar-refractivity contribution in [3.05, 3.63) is 58.7 Å². The first-order valence-corrected chi connectivity index (χ1v) is 6.29. The van der Waals surface area contributed by atoms with Crippen molar-refractivity contribution in [1.29, 1.82) is 0 Å². The zero-order valence-corrected chi connectivity index (χ0v) is 10.9. The van der Waals surface area contributed by atoms with Crippen LogP contribution in [-0.2, 0) is 4.84 Å². The second-order valence-corrected chi connectivity index (χ2v) is 4.52. The molecule has 0 N–H and O–H groups in total.